The second kappa shape index (κ2) is 4.38. The molecule has 1 aliphatic rings. The fourth-order valence-corrected chi connectivity index (χ4v) is 2.45. The lowest BCUT2D eigenvalue weighted by Crippen LogP contribution is -2.22. The van der Waals surface area contributed by atoms with Gasteiger partial charge in [0.2, 0.25) is 0 Å². The van der Waals surface area contributed by atoms with Crippen molar-refractivity contribution in [3.8, 4) is 5.75 Å². The molecule has 0 radical (unpaired) electrons. The molecule has 3 heteroatoms. The molecule has 0 atom stereocenters. The van der Waals surface area contributed by atoms with Gasteiger partial charge in [0.15, 0.2) is 0 Å². The Bertz CT molecular complexity index is 399. The summed E-state index contributed by atoms with van der Waals surface area (Å²) in [5.41, 5.74) is 8.66. The third-order valence-corrected chi connectivity index (χ3v) is 4.35. The van der Waals surface area contributed by atoms with Crippen LogP contribution in [0.25, 0.3) is 0 Å². The lowest BCUT2D eigenvalue weighted by Gasteiger charge is -2.14. The van der Waals surface area contributed by atoms with E-state index in [-0.39, 0.29) is 5.54 Å². The number of hydrogen-bond donors (Lipinski definition) is 1. The molecule has 1 saturated carbocycles. The minimum atomic E-state index is 0.113. The zero-order chi connectivity index (χ0) is 11.8. The molecule has 0 unspecified atom stereocenters. The predicted molar refractivity (Wildman–Crippen MR) is 69.9 cm³/mol. The van der Waals surface area contributed by atoms with Crippen molar-refractivity contribution >= 4 is 15.9 Å². The molecule has 2 nitrogen and oxygen atoms in total. The van der Waals surface area contributed by atoms with Crippen LogP contribution < -0.4 is 10.5 Å². The topological polar surface area (TPSA) is 35.2 Å². The first-order valence-corrected chi connectivity index (χ1v) is 6.46. The van der Waals surface area contributed by atoms with E-state index in [1.807, 2.05) is 0 Å². The van der Waals surface area contributed by atoms with Gasteiger partial charge in [0.05, 0.1) is 11.6 Å². The van der Waals surface area contributed by atoms with E-state index in [2.05, 4.69) is 35.0 Å². The van der Waals surface area contributed by atoms with Gasteiger partial charge in [0, 0.05) is 5.54 Å². The predicted octanol–water partition coefficient (Wildman–Crippen LogP) is 3.19. The zero-order valence-corrected chi connectivity index (χ0v) is 11.4. The molecule has 88 valence electrons. The summed E-state index contributed by atoms with van der Waals surface area (Å²) in [6.45, 7) is 2.07. The van der Waals surface area contributed by atoms with Crippen LogP contribution in [0.1, 0.15) is 30.4 Å². The fourth-order valence-electron chi connectivity index (χ4n) is 1.91. The van der Waals surface area contributed by atoms with Crippen LogP contribution in [-0.4, -0.2) is 12.6 Å². The zero-order valence-electron chi connectivity index (χ0n) is 9.85. The smallest absolute Gasteiger partial charge is 0.136 e. The number of methoxy groups -OCH3 is 1. The summed E-state index contributed by atoms with van der Waals surface area (Å²) in [5, 5.41) is 0. The Balaban J connectivity index is 2.16. The van der Waals surface area contributed by atoms with E-state index in [9.17, 15) is 0 Å². The monoisotopic (exact) mass is 283 g/mol. The maximum Gasteiger partial charge on any atom is 0.136 e. The average Bonchev–Trinajstić information content (AvgIpc) is 2.99. The van der Waals surface area contributed by atoms with Gasteiger partial charge < -0.3 is 10.5 Å². The molecule has 0 amide bonds. The third kappa shape index (κ3) is 2.41. The molecule has 16 heavy (non-hydrogen) atoms. The lowest BCUT2D eigenvalue weighted by molar-refractivity contribution is 0.405. The number of halogens is 1. The lowest BCUT2D eigenvalue weighted by atomic mass is 10.0. The number of nitrogens with two attached hydrogens (primary N) is 1. The van der Waals surface area contributed by atoms with Crippen LogP contribution in [0.2, 0.25) is 0 Å². The maximum absolute atomic E-state index is 6.10. The number of hydrogen-bond acceptors (Lipinski definition) is 2. The van der Waals surface area contributed by atoms with E-state index >= 15 is 0 Å². The van der Waals surface area contributed by atoms with Gasteiger partial charge in [-0.25, -0.2) is 0 Å². The Labute approximate surface area is 105 Å². The van der Waals surface area contributed by atoms with Gasteiger partial charge in [-0.05, 0) is 59.7 Å². The summed E-state index contributed by atoms with van der Waals surface area (Å²) in [4.78, 5) is 0. The van der Waals surface area contributed by atoms with Crippen molar-refractivity contribution in [2.75, 3.05) is 7.11 Å². The van der Waals surface area contributed by atoms with Crippen LogP contribution in [0.5, 0.6) is 5.75 Å². The standard InChI is InChI=1S/C13H18BrNO/c1-9-3-4-10(12(16-2)11(9)14)5-6-13(15)7-8-13/h3-4H,5-8,15H2,1-2H3. The molecule has 0 aliphatic heterocycles. The number of ether oxygens (including phenoxy) is 1. The molecule has 1 fully saturated rings. The molecule has 0 spiro atoms. The van der Waals surface area contributed by atoms with Crippen molar-refractivity contribution in [3.63, 3.8) is 0 Å². The van der Waals surface area contributed by atoms with Gasteiger partial charge in [-0.2, -0.15) is 0 Å². The van der Waals surface area contributed by atoms with E-state index in [0.717, 1.165) is 23.1 Å². The summed E-state index contributed by atoms with van der Waals surface area (Å²) >= 11 is 3.57. The van der Waals surface area contributed by atoms with Gasteiger partial charge in [-0.3, -0.25) is 0 Å². The van der Waals surface area contributed by atoms with Crippen LogP contribution in [0.15, 0.2) is 16.6 Å². The van der Waals surface area contributed by atoms with E-state index in [1.54, 1.807) is 7.11 Å². The highest BCUT2D eigenvalue weighted by molar-refractivity contribution is 9.10. The Kier molecular flexibility index (Phi) is 3.27. The first kappa shape index (κ1) is 11.9. The van der Waals surface area contributed by atoms with Gasteiger partial charge in [0.25, 0.3) is 0 Å². The first-order valence-electron chi connectivity index (χ1n) is 5.66. The largest absolute Gasteiger partial charge is 0.495 e. The molecule has 0 heterocycles. The fraction of sp³-hybridized carbons (Fsp3) is 0.538. The van der Waals surface area contributed by atoms with Gasteiger partial charge >= 0.3 is 0 Å². The first-order chi connectivity index (χ1) is 7.56. The van der Waals surface area contributed by atoms with E-state index in [4.69, 9.17) is 10.5 Å². The molecule has 0 aromatic heterocycles. The van der Waals surface area contributed by atoms with Crippen LogP contribution in [-0.2, 0) is 6.42 Å². The summed E-state index contributed by atoms with van der Waals surface area (Å²) in [6.07, 6.45) is 4.39. The Morgan fingerprint density at radius 1 is 1.44 bits per heavy atom. The molecule has 0 bridgehead atoms. The SMILES string of the molecule is COc1c(CCC2(N)CC2)ccc(C)c1Br. The van der Waals surface area contributed by atoms with Gasteiger partial charge in [-0.1, -0.05) is 12.1 Å². The highest BCUT2D eigenvalue weighted by atomic mass is 79.9. The number of benzene rings is 1. The van der Waals surface area contributed by atoms with Crippen LogP contribution in [0, 0.1) is 6.92 Å². The molecule has 2 N–H and O–H groups in total. The Hall–Kier alpha value is -0.540. The summed E-state index contributed by atoms with van der Waals surface area (Å²) in [6, 6.07) is 4.27. The second-order valence-corrected chi connectivity index (χ2v) is 5.54. The normalized spacial score (nSPS) is 17.2. The maximum atomic E-state index is 6.10. The van der Waals surface area contributed by atoms with Crippen molar-refractivity contribution in [1.29, 1.82) is 0 Å². The van der Waals surface area contributed by atoms with Crippen molar-refractivity contribution in [3.05, 3.63) is 27.7 Å². The number of rotatable bonds is 4. The Morgan fingerprint density at radius 2 is 2.12 bits per heavy atom. The summed E-state index contributed by atoms with van der Waals surface area (Å²) in [7, 11) is 1.72. The van der Waals surface area contributed by atoms with Gasteiger partial charge in [0.1, 0.15) is 5.75 Å². The van der Waals surface area contributed by atoms with Crippen molar-refractivity contribution in [1.82, 2.24) is 0 Å². The second-order valence-electron chi connectivity index (χ2n) is 4.75. The summed E-state index contributed by atoms with van der Waals surface area (Å²) < 4.78 is 6.52. The van der Waals surface area contributed by atoms with Crippen LogP contribution in [0.3, 0.4) is 0 Å². The quantitative estimate of drug-likeness (QED) is 0.921. The van der Waals surface area contributed by atoms with Crippen LogP contribution in [0.4, 0.5) is 0 Å². The highest BCUT2D eigenvalue weighted by Crippen LogP contribution is 2.39. The Morgan fingerprint density at radius 3 is 2.69 bits per heavy atom. The van der Waals surface area contributed by atoms with Gasteiger partial charge in [-0.15, -0.1) is 0 Å². The van der Waals surface area contributed by atoms with Crippen LogP contribution >= 0.6 is 15.9 Å². The highest BCUT2D eigenvalue weighted by Gasteiger charge is 2.37. The molecule has 1 aromatic rings. The van der Waals surface area contributed by atoms with Crippen molar-refractivity contribution in [2.45, 2.75) is 38.1 Å². The number of aryl methyl sites for hydroxylation is 2. The molecular weight excluding hydrogens is 266 g/mol. The molecule has 0 saturated heterocycles. The minimum absolute atomic E-state index is 0.113. The van der Waals surface area contributed by atoms with Crippen molar-refractivity contribution < 1.29 is 4.74 Å². The minimum Gasteiger partial charge on any atom is -0.495 e. The molecule has 1 aromatic carbocycles. The van der Waals surface area contributed by atoms with Crippen molar-refractivity contribution in [2.24, 2.45) is 5.73 Å². The molecule has 2 rings (SSSR count). The van der Waals surface area contributed by atoms with E-state index in [1.165, 1.54) is 24.0 Å². The molecule has 1 aliphatic carbocycles. The van der Waals surface area contributed by atoms with E-state index < -0.39 is 0 Å². The van der Waals surface area contributed by atoms with E-state index in [0.29, 0.717) is 0 Å². The molecular formula is C13H18BrNO. The third-order valence-electron chi connectivity index (χ3n) is 3.36. The average molecular weight is 284 g/mol. The summed E-state index contributed by atoms with van der Waals surface area (Å²) in [5.74, 6) is 0.962.